The predicted molar refractivity (Wildman–Crippen MR) is 102 cm³/mol. The lowest BCUT2D eigenvalue weighted by Crippen LogP contribution is -2.12. The Hall–Kier alpha value is -2.53. The van der Waals surface area contributed by atoms with Gasteiger partial charge in [0.1, 0.15) is 5.01 Å². The number of hydrogen-bond acceptors (Lipinski definition) is 4. The summed E-state index contributed by atoms with van der Waals surface area (Å²) in [4.78, 5) is 12.1. The minimum absolute atomic E-state index is 0.0253. The van der Waals surface area contributed by atoms with Crippen LogP contribution in [-0.4, -0.2) is 16.1 Å². The van der Waals surface area contributed by atoms with Gasteiger partial charge in [-0.2, -0.15) is 0 Å². The fraction of sp³-hybridized carbons (Fsp3) is 0.250. The van der Waals surface area contributed by atoms with Gasteiger partial charge in [0.25, 0.3) is 0 Å². The van der Waals surface area contributed by atoms with Gasteiger partial charge in [0.2, 0.25) is 11.0 Å². The van der Waals surface area contributed by atoms with E-state index >= 15 is 0 Å². The number of aromatic nitrogens is 2. The molecule has 0 fully saturated rings. The quantitative estimate of drug-likeness (QED) is 0.684. The van der Waals surface area contributed by atoms with Crippen LogP contribution in [0.5, 0.6) is 0 Å². The molecule has 1 heterocycles. The van der Waals surface area contributed by atoms with E-state index in [0.717, 1.165) is 23.4 Å². The van der Waals surface area contributed by atoms with Crippen LogP contribution in [0.4, 0.5) is 5.13 Å². The topological polar surface area (TPSA) is 54.9 Å². The smallest absolute Gasteiger partial charge is 0.226 e. The molecule has 0 saturated heterocycles. The highest BCUT2D eigenvalue weighted by Gasteiger charge is 2.12. The molecule has 0 bridgehead atoms. The van der Waals surface area contributed by atoms with E-state index in [1.807, 2.05) is 48.5 Å². The minimum atomic E-state index is -0.0253. The molecule has 0 aliphatic heterocycles. The number of carbonyl (C=O) groups is 1. The highest BCUT2D eigenvalue weighted by Crippen LogP contribution is 2.24. The summed E-state index contributed by atoms with van der Waals surface area (Å²) in [7, 11) is 0. The normalized spacial score (nSPS) is 11.9. The maximum Gasteiger partial charge on any atom is 0.226 e. The summed E-state index contributed by atoms with van der Waals surface area (Å²) in [5.41, 5.74) is 2.44. The van der Waals surface area contributed by atoms with E-state index in [-0.39, 0.29) is 5.91 Å². The summed E-state index contributed by atoms with van der Waals surface area (Å²) in [6.45, 7) is 2.18. The molecule has 0 saturated carbocycles. The van der Waals surface area contributed by atoms with Crippen molar-refractivity contribution in [3.63, 3.8) is 0 Å². The SMILES string of the molecule is CC(Cc1nnc(NC(=O)CCc2ccccc2)s1)c1ccccc1. The van der Waals surface area contributed by atoms with Gasteiger partial charge in [0, 0.05) is 12.8 Å². The van der Waals surface area contributed by atoms with Gasteiger partial charge in [0.05, 0.1) is 0 Å². The Morgan fingerprint density at radius 2 is 1.72 bits per heavy atom. The molecule has 0 aliphatic rings. The van der Waals surface area contributed by atoms with Crippen LogP contribution in [0.3, 0.4) is 0 Å². The number of rotatable bonds is 7. The third kappa shape index (κ3) is 5.22. The fourth-order valence-corrected chi connectivity index (χ4v) is 3.52. The van der Waals surface area contributed by atoms with E-state index in [2.05, 4.69) is 34.6 Å². The molecule has 3 rings (SSSR count). The Labute approximate surface area is 151 Å². The zero-order chi connectivity index (χ0) is 17.5. The van der Waals surface area contributed by atoms with Crippen LogP contribution >= 0.6 is 11.3 Å². The van der Waals surface area contributed by atoms with E-state index in [9.17, 15) is 4.79 Å². The second kappa shape index (κ2) is 8.53. The number of nitrogens with one attached hydrogen (secondary N) is 1. The van der Waals surface area contributed by atoms with E-state index in [1.54, 1.807) is 0 Å². The molecule has 0 radical (unpaired) electrons. The first-order valence-electron chi connectivity index (χ1n) is 8.42. The van der Waals surface area contributed by atoms with Crippen molar-refractivity contribution in [1.82, 2.24) is 10.2 Å². The first-order chi connectivity index (χ1) is 12.2. The summed E-state index contributed by atoms with van der Waals surface area (Å²) in [5, 5.41) is 12.7. The summed E-state index contributed by atoms with van der Waals surface area (Å²) < 4.78 is 0. The molecular weight excluding hydrogens is 330 g/mol. The zero-order valence-corrected chi connectivity index (χ0v) is 15.0. The maximum atomic E-state index is 12.1. The molecule has 1 unspecified atom stereocenters. The number of carbonyl (C=O) groups excluding carboxylic acids is 1. The lowest BCUT2D eigenvalue weighted by Gasteiger charge is -2.08. The van der Waals surface area contributed by atoms with Gasteiger partial charge in [-0.1, -0.05) is 78.9 Å². The lowest BCUT2D eigenvalue weighted by molar-refractivity contribution is -0.116. The van der Waals surface area contributed by atoms with Crippen LogP contribution in [-0.2, 0) is 17.6 Å². The first kappa shape index (κ1) is 17.3. The molecule has 128 valence electrons. The van der Waals surface area contributed by atoms with Gasteiger partial charge in [-0.15, -0.1) is 10.2 Å². The second-order valence-electron chi connectivity index (χ2n) is 6.05. The molecule has 0 spiro atoms. The van der Waals surface area contributed by atoms with Crippen molar-refractivity contribution in [2.45, 2.75) is 32.1 Å². The monoisotopic (exact) mass is 351 g/mol. The molecule has 25 heavy (non-hydrogen) atoms. The van der Waals surface area contributed by atoms with Crippen molar-refractivity contribution < 1.29 is 4.79 Å². The summed E-state index contributed by atoms with van der Waals surface area (Å²) in [5.74, 6) is 0.346. The molecule has 4 nitrogen and oxygen atoms in total. The van der Waals surface area contributed by atoms with Crippen LogP contribution in [0, 0.1) is 0 Å². The van der Waals surface area contributed by atoms with E-state index in [0.29, 0.717) is 17.5 Å². The van der Waals surface area contributed by atoms with Gasteiger partial charge < -0.3 is 5.32 Å². The number of amides is 1. The third-order valence-corrected chi connectivity index (χ3v) is 4.91. The maximum absolute atomic E-state index is 12.1. The molecule has 1 aromatic heterocycles. The van der Waals surface area contributed by atoms with Crippen molar-refractivity contribution in [1.29, 1.82) is 0 Å². The predicted octanol–water partition coefficient (Wildman–Crippen LogP) is 4.46. The van der Waals surface area contributed by atoms with Gasteiger partial charge in [-0.3, -0.25) is 4.79 Å². The van der Waals surface area contributed by atoms with Crippen molar-refractivity contribution in [2.24, 2.45) is 0 Å². The molecule has 1 amide bonds. The average Bonchev–Trinajstić information content (AvgIpc) is 3.08. The lowest BCUT2D eigenvalue weighted by atomic mass is 9.98. The summed E-state index contributed by atoms with van der Waals surface area (Å²) in [6.07, 6.45) is 1.99. The summed E-state index contributed by atoms with van der Waals surface area (Å²) >= 11 is 1.45. The van der Waals surface area contributed by atoms with E-state index in [1.165, 1.54) is 16.9 Å². The van der Waals surface area contributed by atoms with Gasteiger partial charge in [0.15, 0.2) is 0 Å². The van der Waals surface area contributed by atoms with E-state index in [4.69, 9.17) is 0 Å². The number of anilines is 1. The largest absolute Gasteiger partial charge is 0.301 e. The Morgan fingerprint density at radius 3 is 2.44 bits per heavy atom. The van der Waals surface area contributed by atoms with Crippen molar-refractivity contribution in [3.05, 3.63) is 76.8 Å². The fourth-order valence-electron chi connectivity index (χ4n) is 2.63. The second-order valence-corrected chi connectivity index (χ2v) is 7.11. The number of nitrogens with zero attached hydrogens (tertiary/aromatic N) is 2. The van der Waals surface area contributed by atoms with Crippen LogP contribution in [0.15, 0.2) is 60.7 Å². The number of benzene rings is 2. The van der Waals surface area contributed by atoms with E-state index < -0.39 is 0 Å². The minimum Gasteiger partial charge on any atom is -0.301 e. The highest BCUT2D eigenvalue weighted by atomic mass is 32.1. The first-order valence-corrected chi connectivity index (χ1v) is 9.23. The van der Waals surface area contributed by atoms with Crippen LogP contribution in [0.25, 0.3) is 0 Å². The van der Waals surface area contributed by atoms with Gasteiger partial charge >= 0.3 is 0 Å². The van der Waals surface area contributed by atoms with Crippen molar-refractivity contribution >= 4 is 22.4 Å². The van der Waals surface area contributed by atoms with Crippen LogP contribution < -0.4 is 5.32 Å². The Balaban J connectivity index is 1.50. The summed E-state index contributed by atoms with van der Waals surface area (Å²) in [6, 6.07) is 20.4. The Kier molecular flexibility index (Phi) is 5.90. The Bertz CT molecular complexity index is 802. The molecule has 1 N–H and O–H groups in total. The van der Waals surface area contributed by atoms with Crippen molar-refractivity contribution in [2.75, 3.05) is 5.32 Å². The van der Waals surface area contributed by atoms with Crippen LogP contribution in [0.1, 0.15) is 35.4 Å². The highest BCUT2D eigenvalue weighted by molar-refractivity contribution is 7.15. The molecule has 3 aromatic rings. The third-order valence-electron chi connectivity index (χ3n) is 4.05. The van der Waals surface area contributed by atoms with Crippen molar-refractivity contribution in [3.8, 4) is 0 Å². The van der Waals surface area contributed by atoms with Gasteiger partial charge in [-0.25, -0.2) is 0 Å². The zero-order valence-electron chi connectivity index (χ0n) is 14.2. The average molecular weight is 351 g/mol. The van der Waals surface area contributed by atoms with Crippen LogP contribution in [0.2, 0.25) is 0 Å². The molecular formula is C20H21N3OS. The standard InChI is InChI=1S/C20H21N3OS/c1-15(17-10-6-3-7-11-17)14-19-22-23-20(25-19)21-18(24)13-12-16-8-4-2-5-9-16/h2-11,15H,12-14H2,1H3,(H,21,23,24). The molecule has 2 aromatic carbocycles. The Morgan fingerprint density at radius 1 is 1.04 bits per heavy atom. The molecule has 5 heteroatoms. The number of aryl methyl sites for hydroxylation is 1. The molecule has 0 aliphatic carbocycles. The van der Waals surface area contributed by atoms with Gasteiger partial charge in [-0.05, 0) is 23.5 Å². The number of hydrogen-bond donors (Lipinski definition) is 1. The molecule has 1 atom stereocenters.